The molecule has 0 amide bonds. The number of aliphatic hydroxyl groups excluding tert-OH is 5. The van der Waals surface area contributed by atoms with Crippen molar-refractivity contribution in [1.29, 1.82) is 0 Å². The number of hydrogen-bond donors (Lipinski definition) is 5. The molecule has 0 heterocycles. The van der Waals surface area contributed by atoms with E-state index in [4.69, 9.17) is 23.7 Å². The van der Waals surface area contributed by atoms with Crippen molar-refractivity contribution in [3.63, 3.8) is 0 Å². The van der Waals surface area contributed by atoms with Crippen LogP contribution in [-0.4, -0.2) is 112 Å². The SMILES string of the molecule is CCCCCCCCCCCCCCCCCC(=O)OCC(COC(=O)CCCCOC(=O)OC1C(O)C(O)C(O)C(O)C1O)OC(=O)CCCCCCCCCCCCCCCCC. The van der Waals surface area contributed by atoms with Gasteiger partial charge in [0.2, 0.25) is 0 Å². The van der Waals surface area contributed by atoms with Crippen LogP contribution < -0.4 is 0 Å². The van der Waals surface area contributed by atoms with Gasteiger partial charge >= 0.3 is 24.1 Å². The molecule has 14 heteroatoms. The molecule has 0 saturated heterocycles. The van der Waals surface area contributed by atoms with Crippen molar-refractivity contribution in [1.82, 2.24) is 0 Å². The summed E-state index contributed by atoms with van der Waals surface area (Å²) in [5.41, 5.74) is 0. The topological polar surface area (TPSA) is 216 Å². The summed E-state index contributed by atoms with van der Waals surface area (Å²) in [5, 5.41) is 49.4. The van der Waals surface area contributed by atoms with Crippen molar-refractivity contribution in [3.05, 3.63) is 0 Å². The minimum atomic E-state index is -1.86. The first-order valence-electron chi connectivity index (χ1n) is 26.3. The normalized spacial score (nSPS) is 20.0. The maximum absolute atomic E-state index is 12.8. The van der Waals surface area contributed by atoms with Crippen molar-refractivity contribution in [2.75, 3.05) is 19.8 Å². The van der Waals surface area contributed by atoms with Gasteiger partial charge in [0.05, 0.1) is 6.61 Å². The molecule has 382 valence electrons. The Balaban J connectivity index is 2.37. The predicted molar refractivity (Wildman–Crippen MR) is 251 cm³/mol. The summed E-state index contributed by atoms with van der Waals surface area (Å²) in [6.07, 6.45) is 24.4. The molecule has 65 heavy (non-hydrogen) atoms. The highest BCUT2D eigenvalue weighted by atomic mass is 16.7. The van der Waals surface area contributed by atoms with E-state index >= 15 is 0 Å². The van der Waals surface area contributed by atoms with Gasteiger partial charge in [-0.15, -0.1) is 0 Å². The van der Waals surface area contributed by atoms with Crippen LogP contribution in [0.5, 0.6) is 0 Å². The van der Waals surface area contributed by atoms with Crippen molar-refractivity contribution in [3.8, 4) is 0 Å². The Kier molecular flexibility index (Phi) is 38.8. The maximum Gasteiger partial charge on any atom is 0.508 e. The van der Waals surface area contributed by atoms with Gasteiger partial charge in [-0.25, -0.2) is 4.79 Å². The summed E-state index contributed by atoms with van der Waals surface area (Å²) in [5.74, 6) is -1.41. The van der Waals surface area contributed by atoms with E-state index < -0.39 is 60.8 Å². The molecule has 5 N–H and O–H groups in total. The van der Waals surface area contributed by atoms with Crippen molar-refractivity contribution in [2.45, 2.75) is 281 Å². The average molecular weight is 931 g/mol. The Hall–Kier alpha value is -2.52. The van der Waals surface area contributed by atoms with E-state index in [1.807, 2.05) is 0 Å². The van der Waals surface area contributed by atoms with Crippen LogP contribution >= 0.6 is 0 Å². The van der Waals surface area contributed by atoms with Gasteiger partial charge < -0.3 is 49.2 Å². The van der Waals surface area contributed by atoms with E-state index in [1.165, 1.54) is 141 Å². The monoisotopic (exact) mass is 931 g/mol. The zero-order valence-electron chi connectivity index (χ0n) is 40.8. The van der Waals surface area contributed by atoms with Crippen LogP contribution in [0.25, 0.3) is 0 Å². The Bertz CT molecular complexity index is 1150. The molecule has 1 rings (SSSR count). The van der Waals surface area contributed by atoms with E-state index in [9.17, 15) is 44.7 Å². The molecular weight excluding hydrogens is 837 g/mol. The minimum Gasteiger partial charge on any atom is -0.462 e. The van der Waals surface area contributed by atoms with E-state index in [-0.39, 0.29) is 57.9 Å². The van der Waals surface area contributed by atoms with Crippen LogP contribution in [-0.2, 0) is 38.1 Å². The zero-order chi connectivity index (χ0) is 47.8. The largest absolute Gasteiger partial charge is 0.508 e. The first kappa shape index (κ1) is 60.5. The number of hydrogen-bond acceptors (Lipinski definition) is 14. The van der Waals surface area contributed by atoms with Gasteiger partial charge in [0.25, 0.3) is 0 Å². The number of rotatable bonds is 43. The lowest BCUT2D eigenvalue weighted by molar-refractivity contribution is -0.226. The molecule has 0 spiro atoms. The number of esters is 3. The molecule has 1 aliphatic rings. The molecule has 0 aliphatic heterocycles. The molecule has 0 aromatic carbocycles. The number of aliphatic hydroxyl groups is 5. The lowest BCUT2D eigenvalue weighted by Crippen LogP contribution is -2.64. The highest BCUT2D eigenvalue weighted by molar-refractivity contribution is 5.71. The molecule has 1 saturated carbocycles. The second kappa shape index (κ2) is 41.7. The van der Waals surface area contributed by atoms with Crippen LogP contribution in [0.1, 0.15) is 239 Å². The molecule has 0 aromatic heterocycles. The van der Waals surface area contributed by atoms with Crippen molar-refractivity contribution >= 4 is 24.1 Å². The van der Waals surface area contributed by atoms with Gasteiger partial charge in [-0.05, 0) is 25.7 Å². The molecule has 0 radical (unpaired) electrons. The minimum absolute atomic E-state index is 0.0481. The second-order valence-electron chi connectivity index (χ2n) is 18.5. The fraction of sp³-hybridized carbons (Fsp3) is 0.922. The zero-order valence-corrected chi connectivity index (χ0v) is 40.8. The third-order valence-corrected chi connectivity index (χ3v) is 12.4. The maximum atomic E-state index is 12.8. The number of unbranched alkanes of at least 4 members (excludes halogenated alkanes) is 29. The fourth-order valence-electron chi connectivity index (χ4n) is 8.17. The van der Waals surface area contributed by atoms with Gasteiger partial charge in [-0.3, -0.25) is 14.4 Å². The molecule has 5 unspecified atom stereocenters. The van der Waals surface area contributed by atoms with E-state index in [2.05, 4.69) is 13.8 Å². The first-order chi connectivity index (χ1) is 31.5. The molecule has 14 nitrogen and oxygen atoms in total. The number of carbonyl (C=O) groups is 4. The third kappa shape index (κ3) is 32.8. The third-order valence-electron chi connectivity index (χ3n) is 12.4. The lowest BCUT2D eigenvalue weighted by Gasteiger charge is -2.40. The Morgan fingerprint density at radius 1 is 0.369 bits per heavy atom. The standard InChI is InChI=1S/C51H94O14/c1-3-5-7-9-11-13-15-17-19-21-23-25-27-29-31-35-42(52)62-39-41(64-44(54)37-32-30-28-26-24-22-20-18-16-14-12-10-8-6-4-2)40-63-43(53)36-33-34-38-61-51(60)65-50-48(58)46(56)45(55)47(57)49(50)59/h41,45-50,55-59H,3-40H2,1-2H3. The number of carbonyl (C=O) groups excluding carboxylic acids is 4. The quantitative estimate of drug-likeness (QED) is 0.0219. The van der Waals surface area contributed by atoms with Crippen LogP contribution in [0.2, 0.25) is 0 Å². The van der Waals surface area contributed by atoms with E-state index in [0.717, 1.165) is 44.9 Å². The highest BCUT2D eigenvalue weighted by Gasteiger charge is 2.50. The summed E-state index contributed by atoms with van der Waals surface area (Å²) in [7, 11) is 0. The molecule has 1 aliphatic carbocycles. The van der Waals surface area contributed by atoms with Crippen molar-refractivity contribution < 1.29 is 68.4 Å². The Labute approximate surface area is 392 Å². The van der Waals surface area contributed by atoms with Crippen LogP contribution in [0.4, 0.5) is 4.79 Å². The second-order valence-corrected chi connectivity index (χ2v) is 18.5. The molecule has 5 atom stereocenters. The van der Waals surface area contributed by atoms with Crippen LogP contribution in [0, 0.1) is 0 Å². The highest BCUT2D eigenvalue weighted by Crippen LogP contribution is 2.24. The molecule has 1 fully saturated rings. The van der Waals surface area contributed by atoms with Gasteiger partial charge in [0, 0.05) is 19.3 Å². The Morgan fingerprint density at radius 2 is 0.662 bits per heavy atom. The summed E-state index contributed by atoms with van der Waals surface area (Å²) >= 11 is 0. The van der Waals surface area contributed by atoms with Gasteiger partial charge in [-0.1, -0.05) is 194 Å². The average Bonchev–Trinajstić information content (AvgIpc) is 3.29. The molecular formula is C51H94O14. The summed E-state index contributed by atoms with van der Waals surface area (Å²) in [6, 6.07) is 0. The predicted octanol–water partition coefficient (Wildman–Crippen LogP) is 10.0. The van der Waals surface area contributed by atoms with Crippen LogP contribution in [0.3, 0.4) is 0 Å². The van der Waals surface area contributed by atoms with Crippen molar-refractivity contribution in [2.24, 2.45) is 0 Å². The lowest BCUT2D eigenvalue weighted by atomic mass is 9.85. The van der Waals surface area contributed by atoms with E-state index in [1.54, 1.807) is 0 Å². The smallest absolute Gasteiger partial charge is 0.462 e. The Morgan fingerprint density at radius 3 is 1.02 bits per heavy atom. The van der Waals surface area contributed by atoms with Crippen LogP contribution in [0.15, 0.2) is 0 Å². The first-order valence-corrected chi connectivity index (χ1v) is 26.3. The summed E-state index contributed by atoms with van der Waals surface area (Å²) in [6.45, 7) is 3.81. The molecule has 0 bridgehead atoms. The van der Waals surface area contributed by atoms with E-state index in [0.29, 0.717) is 6.42 Å². The summed E-state index contributed by atoms with van der Waals surface area (Å²) in [4.78, 5) is 50.0. The molecule has 0 aromatic rings. The van der Waals surface area contributed by atoms with Gasteiger partial charge in [0.1, 0.15) is 43.7 Å². The number of ether oxygens (including phenoxy) is 5. The fourth-order valence-corrected chi connectivity index (χ4v) is 8.17. The summed E-state index contributed by atoms with van der Waals surface area (Å²) < 4.78 is 26.2. The van der Waals surface area contributed by atoms with Gasteiger partial charge in [-0.2, -0.15) is 0 Å². The van der Waals surface area contributed by atoms with Gasteiger partial charge in [0.15, 0.2) is 12.2 Å².